The predicted octanol–water partition coefficient (Wildman–Crippen LogP) is 5.17. The fraction of sp³-hybridized carbons (Fsp3) is 0.400. The molecule has 0 unspecified atom stereocenters. The van der Waals surface area contributed by atoms with Gasteiger partial charge in [-0.1, -0.05) is 49.4 Å². The first-order valence-electron chi connectivity index (χ1n) is 6.46. The number of nitrogens with zero attached hydrogens (tertiary/aromatic N) is 3. The van der Waals surface area contributed by atoms with E-state index < -0.39 is 0 Å². The molecule has 0 atom stereocenters. The van der Waals surface area contributed by atoms with E-state index in [9.17, 15) is 0 Å². The summed E-state index contributed by atoms with van der Waals surface area (Å²) >= 11 is 1.58. The highest BCUT2D eigenvalue weighted by atomic mass is 32.1. The third-order valence-corrected chi connectivity index (χ3v) is 4.03. The van der Waals surface area contributed by atoms with Crippen molar-refractivity contribution in [3.05, 3.63) is 46.0 Å². The maximum Gasteiger partial charge on any atom is 0.229 e. The normalized spacial score (nSPS) is 11.6. The largest absolute Gasteiger partial charge is 0.229 e. The van der Waals surface area contributed by atoms with Crippen LogP contribution in [0.4, 0.5) is 5.13 Å². The van der Waals surface area contributed by atoms with E-state index in [1.54, 1.807) is 11.3 Å². The predicted molar refractivity (Wildman–Crippen MR) is 80.3 cm³/mol. The van der Waals surface area contributed by atoms with Gasteiger partial charge in [-0.3, -0.25) is 0 Å². The highest BCUT2D eigenvalue weighted by Crippen LogP contribution is 2.24. The minimum atomic E-state index is 0.567. The first-order valence-corrected chi connectivity index (χ1v) is 7.28. The molecule has 19 heavy (non-hydrogen) atoms. The van der Waals surface area contributed by atoms with Gasteiger partial charge in [0, 0.05) is 4.88 Å². The second-order valence-corrected chi connectivity index (χ2v) is 6.12. The molecule has 3 nitrogen and oxygen atoms in total. The number of azo groups is 1. The van der Waals surface area contributed by atoms with E-state index in [4.69, 9.17) is 0 Å². The lowest BCUT2D eigenvalue weighted by atomic mass is 10.0. The second kappa shape index (κ2) is 6.06. The maximum atomic E-state index is 4.34. The zero-order valence-electron chi connectivity index (χ0n) is 11.8. The van der Waals surface area contributed by atoms with Gasteiger partial charge in [-0.2, -0.15) is 5.11 Å². The fourth-order valence-corrected chi connectivity index (χ4v) is 2.43. The van der Waals surface area contributed by atoms with Gasteiger partial charge < -0.3 is 0 Å². The molecule has 0 bridgehead atoms. The molecule has 0 spiro atoms. The Hall–Kier alpha value is -1.55. The smallest absolute Gasteiger partial charge is 0.222 e. The van der Waals surface area contributed by atoms with Crippen molar-refractivity contribution in [1.82, 2.24) is 4.98 Å². The molecule has 0 saturated carbocycles. The Morgan fingerprint density at radius 3 is 2.37 bits per heavy atom. The summed E-state index contributed by atoms with van der Waals surface area (Å²) in [5.74, 6) is 0.567. The van der Waals surface area contributed by atoms with Gasteiger partial charge in [-0.05, 0) is 30.9 Å². The molecule has 0 fully saturated rings. The van der Waals surface area contributed by atoms with E-state index in [2.05, 4.69) is 60.2 Å². The number of aryl methyl sites for hydroxylation is 2. The molecule has 1 heterocycles. The average molecular weight is 273 g/mol. The van der Waals surface area contributed by atoms with E-state index in [1.165, 1.54) is 16.0 Å². The van der Waals surface area contributed by atoms with Crippen molar-refractivity contribution in [2.24, 2.45) is 10.2 Å². The molecule has 0 aliphatic heterocycles. The van der Waals surface area contributed by atoms with E-state index in [0.29, 0.717) is 12.5 Å². The maximum absolute atomic E-state index is 4.34. The molecule has 2 rings (SSSR count). The zero-order chi connectivity index (χ0) is 13.8. The summed E-state index contributed by atoms with van der Waals surface area (Å²) in [7, 11) is 0. The fourth-order valence-electron chi connectivity index (χ4n) is 1.68. The summed E-state index contributed by atoms with van der Waals surface area (Å²) < 4.78 is 0. The van der Waals surface area contributed by atoms with Crippen molar-refractivity contribution in [1.29, 1.82) is 0 Å². The first-order chi connectivity index (χ1) is 9.06. The Balaban J connectivity index is 1.98. The molecule has 0 radical (unpaired) electrons. The molecule has 0 N–H and O–H groups in total. The molecule has 1 aromatic carbocycles. The second-order valence-electron chi connectivity index (χ2n) is 4.93. The van der Waals surface area contributed by atoms with Crippen molar-refractivity contribution in [2.75, 3.05) is 0 Å². The van der Waals surface area contributed by atoms with E-state index in [1.807, 2.05) is 6.92 Å². The number of benzene rings is 1. The van der Waals surface area contributed by atoms with Gasteiger partial charge in [0.1, 0.15) is 0 Å². The lowest BCUT2D eigenvalue weighted by Gasteiger charge is -2.04. The number of hydrogen-bond donors (Lipinski definition) is 0. The van der Waals surface area contributed by atoms with Crippen LogP contribution in [0.5, 0.6) is 0 Å². The van der Waals surface area contributed by atoms with Crippen LogP contribution in [-0.4, -0.2) is 4.98 Å². The van der Waals surface area contributed by atoms with Crippen molar-refractivity contribution in [2.45, 2.75) is 40.2 Å². The van der Waals surface area contributed by atoms with E-state index in [-0.39, 0.29) is 0 Å². The van der Waals surface area contributed by atoms with Gasteiger partial charge in [0.15, 0.2) is 0 Å². The minimum Gasteiger partial charge on any atom is -0.222 e. The first kappa shape index (κ1) is 13.9. The van der Waals surface area contributed by atoms with Crippen LogP contribution in [0.1, 0.15) is 41.5 Å². The minimum absolute atomic E-state index is 0.567. The summed E-state index contributed by atoms with van der Waals surface area (Å²) in [6.45, 7) is 9.05. The number of hydrogen-bond acceptors (Lipinski definition) is 4. The molecule has 0 aliphatic rings. The van der Waals surface area contributed by atoms with Crippen LogP contribution in [0.3, 0.4) is 0 Å². The van der Waals surface area contributed by atoms with Gasteiger partial charge in [-0.25, -0.2) is 4.98 Å². The van der Waals surface area contributed by atoms with Crippen LogP contribution in [-0.2, 0) is 6.54 Å². The average Bonchev–Trinajstić information content (AvgIpc) is 2.69. The molecule has 100 valence electrons. The lowest BCUT2D eigenvalue weighted by Crippen LogP contribution is -1.87. The third kappa shape index (κ3) is 3.70. The monoisotopic (exact) mass is 273 g/mol. The molecule has 1 aromatic heterocycles. The Bertz CT molecular complexity index is 548. The topological polar surface area (TPSA) is 37.6 Å². The molecular formula is C15H19N3S. The Morgan fingerprint density at radius 2 is 1.84 bits per heavy atom. The van der Waals surface area contributed by atoms with Gasteiger partial charge in [-0.15, -0.1) is 5.11 Å². The zero-order valence-corrected chi connectivity index (χ0v) is 12.7. The third-order valence-electron chi connectivity index (χ3n) is 3.07. The molecule has 0 saturated heterocycles. The van der Waals surface area contributed by atoms with Crippen LogP contribution in [0.15, 0.2) is 34.5 Å². The molecule has 2 aromatic rings. The van der Waals surface area contributed by atoms with Crippen molar-refractivity contribution in [3.63, 3.8) is 0 Å². The van der Waals surface area contributed by atoms with Crippen molar-refractivity contribution >= 4 is 16.5 Å². The number of aromatic nitrogens is 1. The molecular weight excluding hydrogens is 254 g/mol. The van der Waals surface area contributed by atoms with E-state index in [0.717, 1.165) is 10.8 Å². The summed E-state index contributed by atoms with van der Waals surface area (Å²) in [6, 6.07) is 8.56. The number of rotatable bonds is 4. The van der Waals surface area contributed by atoms with Gasteiger partial charge in [0.05, 0.1) is 12.2 Å². The van der Waals surface area contributed by atoms with Crippen molar-refractivity contribution in [3.8, 4) is 0 Å². The Morgan fingerprint density at radius 1 is 1.16 bits per heavy atom. The van der Waals surface area contributed by atoms with E-state index >= 15 is 0 Å². The van der Waals surface area contributed by atoms with Crippen molar-refractivity contribution < 1.29 is 0 Å². The molecule has 0 aliphatic carbocycles. The van der Waals surface area contributed by atoms with Crippen LogP contribution in [0, 0.1) is 13.8 Å². The summed E-state index contributed by atoms with van der Waals surface area (Å²) in [6.07, 6.45) is 0. The van der Waals surface area contributed by atoms with Gasteiger partial charge in [0.2, 0.25) is 5.13 Å². The number of thiazole rings is 1. The van der Waals surface area contributed by atoms with Crippen LogP contribution in [0.25, 0.3) is 0 Å². The quantitative estimate of drug-likeness (QED) is 0.708. The van der Waals surface area contributed by atoms with Crippen LogP contribution in [0.2, 0.25) is 0 Å². The highest BCUT2D eigenvalue weighted by molar-refractivity contribution is 7.15. The Kier molecular flexibility index (Phi) is 4.43. The SMILES string of the molecule is Cc1nc(N=NCc2ccc(C(C)C)cc2)sc1C. The molecule has 4 heteroatoms. The summed E-state index contributed by atoms with van der Waals surface area (Å²) in [5.41, 5.74) is 3.57. The Labute approximate surface area is 118 Å². The van der Waals surface area contributed by atoms with Gasteiger partial charge >= 0.3 is 0 Å². The van der Waals surface area contributed by atoms with Crippen LogP contribution >= 0.6 is 11.3 Å². The standard InChI is InChI=1S/C15H19N3S/c1-10(2)14-7-5-13(6-8-14)9-16-18-15-17-11(3)12(4)19-15/h5-8,10H,9H2,1-4H3. The highest BCUT2D eigenvalue weighted by Gasteiger charge is 2.02. The van der Waals surface area contributed by atoms with Gasteiger partial charge in [0.25, 0.3) is 0 Å². The summed E-state index contributed by atoms with van der Waals surface area (Å²) in [5, 5.41) is 9.13. The van der Waals surface area contributed by atoms with Crippen LogP contribution < -0.4 is 0 Å². The molecule has 0 amide bonds. The lowest BCUT2D eigenvalue weighted by molar-refractivity contribution is 0.863. The summed E-state index contributed by atoms with van der Waals surface area (Å²) in [4.78, 5) is 5.54.